The molecule has 2 rings (SSSR count). The molecule has 0 aromatic heterocycles. The van der Waals surface area contributed by atoms with Crippen molar-refractivity contribution in [1.82, 2.24) is 10.2 Å². The maximum atomic E-state index is 12.1. The third-order valence-corrected chi connectivity index (χ3v) is 3.49. The van der Waals surface area contributed by atoms with Crippen molar-refractivity contribution in [3.63, 3.8) is 0 Å². The van der Waals surface area contributed by atoms with Gasteiger partial charge in [0, 0.05) is 32.6 Å². The van der Waals surface area contributed by atoms with Crippen LogP contribution in [0.4, 0.5) is 0 Å². The number of nitrogens with zero attached hydrogens (tertiary/aromatic N) is 1. The number of amides is 1. The number of ether oxygens (including phenoxy) is 1. The first-order chi connectivity index (χ1) is 9.79. The fraction of sp³-hybridized carbons (Fsp3) is 0.562. The minimum Gasteiger partial charge on any atom is -0.494 e. The average Bonchev–Trinajstić information content (AvgIpc) is 2.52. The van der Waals surface area contributed by atoms with E-state index in [9.17, 15) is 4.79 Å². The first kappa shape index (κ1) is 14.9. The van der Waals surface area contributed by atoms with Crippen LogP contribution in [0.3, 0.4) is 0 Å². The summed E-state index contributed by atoms with van der Waals surface area (Å²) in [6.07, 6.45) is 2.41. The van der Waals surface area contributed by atoms with Crippen LogP contribution in [0.1, 0.15) is 25.3 Å². The van der Waals surface area contributed by atoms with E-state index in [1.165, 1.54) is 5.56 Å². The minimum atomic E-state index is 0.262. The van der Waals surface area contributed by atoms with Crippen molar-refractivity contribution in [2.75, 3.05) is 32.8 Å². The van der Waals surface area contributed by atoms with Crippen molar-refractivity contribution in [2.24, 2.45) is 0 Å². The second-order valence-corrected chi connectivity index (χ2v) is 5.12. The summed E-state index contributed by atoms with van der Waals surface area (Å²) in [6.45, 7) is 6.34. The van der Waals surface area contributed by atoms with Gasteiger partial charge < -0.3 is 15.0 Å². The van der Waals surface area contributed by atoms with Crippen molar-refractivity contribution in [3.8, 4) is 5.75 Å². The predicted molar refractivity (Wildman–Crippen MR) is 80.0 cm³/mol. The van der Waals surface area contributed by atoms with Crippen molar-refractivity contribution in [2.45, 2.75) is 26.2 Å². The summed E-state index contributed by atoms with van der Waals surface area (Å²) in [4.78, 5) is 14.0. The molecule has 0 saturated carbocycles. The Hall–Kier alpha value is -1.55. The van der Waals surface area contributed by atoms with Crippen LogP contribution in [0.25, 0.3) is 0 Å². The molecule has 4 nitrogen and oxygen atoms in total. The quantitative estimate of drug-likeness (QED) is 0.862. The Morgan fingerprint density at radius 1 is 1.25 bits per heavy atom. The minimum absolute atomic E-state index is 0.262. The molecule has 1 aromatic carbocycles. The topological polar surface area (TPSA) is 41.6 Å². The van der Waals surface area contributed by atoms with Crippen LogP contribution in [0.5, 0.6) is 5.75 Å². The number of hydrogen-bond acceptors (Lipinski definition) is 3. The van der Waals surface area contributed by atoms with Crippen LogP contribution < -0.4 is 10.1 Å². The Morgan fingerprint density at radius 3 is 2.60 bits per heavy atom. The van der Waals surface area contributed by atoms with Gasteiger partial charge in [0.25, 0.3) is 0 Å². The Morgan fingerprint density at radius 2 is 1.95 bits per heavy atom. The molecule has 110 valence electrons. The molecule has 0 atom stereocenters. The van der Waals surface area contributed by atoms with Crippen LogP contribution in [0.15, 0.2) is 24.3 Å². The van der Waals surface area contributed by atoms with Gasteiger partial charge in [-0.15, -0.1) is 0 Å². The molecular weight excluding hydrogens is 252 g/mol. The molecule has 0 unspecified atom stereocenters. The molecule has 0 radical (unpaired) electrons. The van der Waals surface area contributed by atoms with Crippen molar-refractivity contribution in [1.29, 1.82) is 0 Å². The standard InChI is InChI=1S/C16H24N2O2/c1-2-13-20-15-6-3-14(4-7-15)5-8-16(19)18-11-9-17-10-12-18/h3-4,6-7,17H,2,5,8-13H2,1H3. The Kier molecular flexibility index (Phi) is 5.87. The molecule has 1 aliphatic heterocycles. The zero-order valence-electron chi connectivity index (χ0n) is 12.2. The van der Waals surface area contributed by atoms with Crippen LogP contribution >= 0.6 is 0 Å². The Labute approximate surface area is 121 Å². The second-order valence-electron chi connectivity index (χ2n) is 5.12. The Balaban J connectivity index is 1.76. The van der Waals surface area contributed by atoms with Gasteiger partial charge in [0.15, 0.2) is 0 Å². The van der Waals surface area contributed by atoms with E-state index in [0.29, 0.717) is 6.42 Å². The van der Waals surface area contributed by atoms with E-state index in [-0.39, 0.29) is 5.91 Å². The number of hydrogen-bond donors (Lipinski definition) is 1. The van der Waals surface area contributed by atoms with Gasteiger partial charge in [-0.05, 0) is 30.5 Å². The summed E-state index contributed by atoms with van der Waals surface area (Å²) in [7, 11) is 0. The SMILES string of the molecule is CCCOc1ccc(CCC(=O)N2CCNCC2)cc1. The van der Waals surface area contributed by atoms with Crippen LogP contribution in [0.2, 0.25) is 0 Å². The van der Waals surface area contributed by atoms with Crippen molar-refractivity contribution in [3.05, 3.63) is 29.8 Å². The van der Waals surface area contributed by atoms with Gasteiger partial charge >= 0.3 is 0 Å². The largest absolute Gasteiger partial charge is 0.494 e. The molecule has 0 bridgehead atoms. The van der Waals surface area contributed by atoms with Gasteiger partial charge in [-0.1, -0.05) is 19.1 Å². The number of benzene rings is 1. The van der Waals surface area contributed by atoms with Crippen LogP contribution in [-0.4, -0.2) is 43.6 Å². The lowest BCUT2D eigenvalue weighted by Crippen LogP contribution is -2.46. The van der Waals surface area contributed by atoms with E-state index in [2.05, 4.69) is 24.4 Å². The van der Waals surface area contributed by atoms with Crippen LogP contribution in [0, 0.1) is 0 Å². The predicted octanol–water partition coefficient (Wildman–Crippen LogP) is 1.84. The zero-order valence-corrected chi connectivity index (χ0v) is 12.2. The highest BCUT2D eigenvalue weighted by molar-refractivity contribution is 5.76. The van der Waals surface area contributed by atoms with E-state index >= 15 is 0 Å². The highest BCUT2D eigenvalue weighted by Gasteiger charge is 2.15. The van der Waals surface area contributed by atoms with Crippen LogP contribution in [-0.2, 0) is 11.2 Å². The average molecular weight is 276 g/mol. The van der Waals surface area contributed by atoms with E-state index in [0.717, 1.165) is 51.4 Å². The van der Waals surface area contributed by atoms with Gasteiger partial charge in [-0.25, -0.2) is 0 Å². The normalized spacial score (nSPS) is 15.2. The molecule has 4 heteroatoms. The molecule has 0 aliphatic carbocycles. The zero-order chi connectivity index (χ0) is 14.2. The summed E-state index contributed by atoms with van der Waals surface area (Å²) < 4.78 is 5.55. The van der Waals surface area contributed by atoms with Gasteiger partial charge in [-0.3, -0.25) is 4.79 Å². The molecule has 20 heavy (non-hydrogen) atoms. The molecule has 1 aromatic rings. The molecule has 1 saturated heterocycles. The van der Waals surface area contributed by atoms with Gasteiger partial charge in [0.1, 0.15) is 5.75 Å². The first-order valence-corrected chi connectivity index (χ1v) is 7.50. The smallest absolute Gasteiger partial charge is 0.222 e. The monoisotopic (exact) mass is 276 g/mol. The van der Waals surface area contributed by atoms with Gasteiger partial charge in [-0.2, -0.15) is 0 Å². The number of carbonyl (C=O) groups excluding carboxylic acids is 1. The van der Waals surface area contributed by atoms with Crippen molar-refractivity contribution >= 4 is 5.91 Å². The van der Waals surface area contributed by atoms with Crippen molar-refractivity contribution < 1.29 is 9.53 Å². The lowest BCUT2D eigenvalue weighted by atomic mass is 10.1. The number of nitrogens with one attached hydrogen (secondary N) is 1. The summed E-state index contributed by atoms with van der Waals surface area (Å²) in [6, 6.07) is 8.08. The van der Waals surface area contributed by atoms with E-state index in [1.807, 2.05) is 17.0 Å². The molecule has 0 spiro atoms. The molecule has 1 fully saturated rings. The van der Waals surface area contributed by atoms with E-state index < -0.39 is 0 Å². The summed E-state index contributed by atoms with van der Waals surface area (Å²) in [5.41, 5.74) is 1.19. The Bertz CT molecular complexity index is 411. The highest BCUT2D eigenvalue weighted by atomic mass is 16.5. The summed E-state index contributed by atoms with van der Waals surface area (Å²) in [5.74, 6) is 1.17. The molecule has 1 amide bonds. The summed E-state index contributed by atoms with van der Waals surface area (Å²) >= 11 is 0. The molecular formula is C16H24N2O2. The molecule has 1 N–H and O–H groups in total. The maximum Gasteiger partial charge on any atom is 0.222 e. The van der Waals surface area contributed by atoms with Gasteiger partial charge in [0.2, 0.25) is 5.91 Å². The third kappa shape index (κ3) is 4.53. The fourth-order valence-corrected chi connectivity index (χ4v) is 2.30. The first-order valence-electron chi connectivity index (χ1n) is 7.50. The number of carbonyl (C=O) groups is 1. The van der Waals surface area contributed by atoms with Gasteiger partial charge in [0.05, 0.1) is 6.61 Å². The van der Waals surface area contributed by atoms with E-state index in [4.69, 9.17) is 4.74 Å². The number of aryl methyl sites for hydroxylation is 1. The number of rotatable bonds is 6. The van der Waals surface area contributed by atoms with E-state index in [1.54, 1.807) is 0 Å². The number of piperazine rings is 1. The maximum absolute atomic E-state index is 12.1. The third-order valence-electron chi connectivity index (χ3n) is 3.49. The summed E-state index contributed by atoms with van der Waals surface area (Å²) in [5, 5.41) is 3.26. The lowest BCUT2D eigenvalue weighted by molar-refractivity contribution is -0.131. The lowest BCUT2D eigenvalue weighted by Gasteiger charge is -2.27. The molecule has 1 aliphatic rings. The molecule has 1 heterocycles. The fourth-order valence-electron chi connectivity index (χ4n) is 2.30. The highest BCUT2D eigenvalue weighted by Crippen LogP contribution is 2.14. The second kappa shape index (κ2) is 7.90.